The van der Waals surface area contributed by atoms with Crippen LogP contribution in [0, 0.1) is 5.82 Å². The van der Waals surface area contributed by atoms with Crippen LogP contribution in [-0.4, -0.2) is 6.79 Å². The summed E-state index contributed by atoms with van der Waals surface area (Å²) in [6, 6.07) is 7.81. The smallest absolute Gasteiger partial charge is 0.231 e. The van der Waals surface area contributed by atoms with Gasteiger partial charge >= 0.3 is 0 Å². The van der Waals surface area contributed by atoms with Crippen molar-refractivity contribution in [3.63, 3.8) is 0 Å². The fourth-order valence-corrected chi connectivity index (χ4v) is 2.43. The van der Waals surface area contributed by atoms with E-state index in [2.05, 4.69) is 5.32 Å². The van der Waals surface area contributed by atoms with Crippen LogP contribution in [0.15, 0.2) is 30.3 Å². The largest absolute Gasteiger partial charge is 0.454 e. The summed E-state index contributed by atoms with van der Waals surface area (Å²) in [5.41, 5.74) is 1.42. The van der Waals surface area contributed by atoms with Gasteiger partial charge in [0, 0.05) is 23.7 Å². The summed E-state index contributed by atoms with van der Waals surface area (Å²) in [6.07, 6.45) is 0. The highest BCUT2D eigenvalue weighted by Crippen LogP contribution is 2.39. The highest BCUT2D eigenvalue weighted by atomic mass is 35.5. The van der Waals surface area contributed by atoms with E-state index in [0.717, 1.165) is 5.56 Å². The molecule has 0 amide bonds. The lowest BCUT2D eigenvalue weighted by atomic mass is 10.2. The Hall–Kier alpha value is -1.65. The highest BCUT2D eigenvalue weighted by molar-refractivity contribution is 6.33. The Labute approximate surface area is 125 Å². The average Bonchev–Trinajstić information content (AvgIpc) is 2.81. The van der Waals surface area contributed by atoms with Gasteiger partial charge in [-0.2, -0.15) is 0 Å². The van der Waals surface area contributed by atoms with Crippen LogP contribution in [0.3, 0.4) is 0 Å². The molecule has 0 spiro atoms. The van der Waals surface area contributed by atoms with Crippen molar-refractivity contribution in [2.75, 3.05) is 12.1 Å². The van der Waals surface area contributed by atoms with Gasteiger partial charge in [0.1, 0.15) is 5.82 Å². The number of anilines is 1. The maximum Gasteiger partial charge on any atom is 0.231 e. The van der Waals surface area contributed by atoms with E-state index >= 15 is 0 Å². The van der Waals surface area contributed by atoms with Crippen molar-refractivity contribution in [3.8, 4) is 11.5 Å². The van der Waals surface area contributed by atoms with E-state index in [0.29, 0.717) is 33.8 Å². The highest BCUT2D eigenvalue weighted by Gasteiger charge is 2.16. The molecule has 1 N–H and O–H groups in total. The molecule has 0 atom stereocenters. The Morgan fingerprint density at radius 3 is 2.55 bits per heavy atom. The second-order valence-corrected chi connectivity index (χ2v) is 5.16. The number of halogens is 3. The van der Waals surface area contributed by atoms with E-state index < -0.39 is 0 Å². The van der Waals surface area contributed by atoms with Crippen LogP contribution in [0.2, 0.25) is 10.0 Å². The summed E-state index contributed by atoms with van der Waals surface area (Å²) in [5.74, 6) is 0.884. The molecule has 1 aliphatic rings. The zero-order valence-electron chi connectivity index (χ0n) is 10.3. The lowest BCUT2D eigenvalue weighted by molar-refractivity contribution is 0.174. The molecule has 2 aromatic rings. The predicted octanol–water partition coefficient (Wildman–Crippen LogP) is 4.47. The summed E-state index contributed by atoms with van der Waals surface area (Å²) >= 11 is 11.9. The van der Waals surface area contributed by atoms with E-state index in [1.165, 1.54) is 12.1 Å². The third-order valence-electron chi connectivity index (χ3n) is 2.87. The Morgan fingerprint density at radius 1 is 1.05 bits per heavy atom. The monoisotopic (exact) mass is 313 g/mol. The van der Waals surface area contributed by atoms with Gasteiger partial charge in [0.15, 0.2) is 11.5 Å². The fraction of sp³-hybridized carbons (Fsp3) is 0.143. The van der Waals surface area contributed by atoms with Crippen LogP contribution >= 0.6 is 23.2 Å². The molecule has 2 aromatic carbocycles. The van der Waals surface area contributed by atoms with Crippen LogP contribution < -0.4 is 14.8 Å². The normalized spacial score (nSPS) is 12.6. The third kappa shape index (κ3) is 2.76. The Bertz CT molecular complexity index is 644. The van der Waals surface area contributed by atoms with Gasteiger partial charge in [0.05, 0.1) is 10.7 Å². The molecular formula is C14H10Cl2FNO2. The molecule has 1 heterocycles. The Balaban J connectivity index is 1.78. The van der Waals surface area contributed by atoms with Gasteiger partial charge in [-0.25, -0.2) is 4.39 Å². The van der Waals surface area contributed by atoms with Crippen LogP contribution in [0.4, 0.5) is 10.1 Å². The van der Waals surface area contributed by atoms with Crippen LogP contribution in [0.1, 0.15) is 5.56 Å². The molecule has 1 aliphatic heterocycles. The van der Waals surface area contributed by atoms with Crippen molar-refractivity contribution in [1.29, 1.82) is 0 Å². The first-order valence-electron chi connectivity index (χ1n) is 5.90. The predicted molar refractivity (Wildman–Crippen MR) is 76.3 cm³/mol. The van der Waals surface area contributed by atoms with E-state index in [4.69, 9.17) is 32.7 Å². The Kier molecular flexibility index (Phi) is 3.59. The van der Waals surface area contributed by atoms with E-state index in [1.54, 1.807) is 18.2 Å². The second-order valence-electron chi connectivity index (χ2n) is 4.32. The van der Waals surface area contributed by atoms with Crippen molar-refractivity contribution in [2.45, 2.75) is 6.54 Å². The van der Waals surface area contributed by atoms with Crippen LogP contribution in [0.5, 0.6) is 11.5 Å². The maximum atomic E-state index is 13.2. The van der Waals surface area contributed by atoms with Crippen molar-refractivity contribution in [2.24, 2.45) is 0 Å². The number of ether oxygens (including phenoxy) is 2. The first-order chi connectivity index (χ1) is 9.61. The number of nitrogens with one attached hydrogen (secondary N) is 1. The molecular weight excluding hydrogens is 304 g/mol. The van der Waals surface area contributed by atoms with Gasteiger partial charge < -0.3 is 14.8 Å². The topological polar surface area (TPSA) is 30.5 Å². The average molecular weight is 314 g/mol. The van der Waals surface area contributed by atoms with Crippen LogP contribution in [0.25, 0.3) is 0 Å². The molecule has 6 heteroatoms. The summed E-state index contributed by atoms with van der Waals surface area (Å²) in [7, 11) is 0. The van der Waals surface area contributed by atoms with E-state index in [-0.39, 0.29) is 12.6 Å². The molecule has 3 rings (SSSR count). The molecule has 0 bridgehead atoms. The summed E-state index contributed by atoms with van der Waals surface area (Å²) < 4.78 is 23.7. The van der Waals surface area contributed by atoms with Crippen molar-refractivity contribution < 1.29 is 13.9 Å². The van der Waals surface area contributed by atoms with Gasteiger partial charge in [-0.3, -0.25) is 0 Å². The number of hydrogen-bond donors (Lipinski definition) is 1. The molecule has 0 saturated carbocycles. The molecule has 3 nitrogen and oxygen atoms in total. The zero-order valence-corrected chi connectivity index (χ0v) is 11.8. The molecule has 0 fully saturated rings. The molecule has 0 aromatic heterocycles. The lowest BCUT2D eigenvalue weighted by Gasteiger charge is -2.10. The minimum atomic E-state index is -0.369. The van der Waals surface area contributed by atoms with Gasteiger partial charge in [-0.15, -0.1) is 0 Å². The standard InChI is InChI=1S/C14H10Cl2FNO2/c15-9-1-8(2-10(17)3-9)6-18-12-5-14-13(4-11(12)16)19-7-20-14/h1-5,18H,6-7H2. The third-order valence-corrected chi connectivity index (χ3v) is 3.40. The number of fused-ring (bicyclic) bond motifs is 1. The maximum absolute atomic E-state index is 13.2. The minimum Gasteiger partial charge on any atom is -0.454 e. The van der Waals surface area contributed by atoms with E-state index in [9.17, 15) is 4.39 Å². The van der Waals surface area contributed by atoms with Crippen LogP contribution in [-0.2, 0) is 6.54 Å². The van der Waals surface area contributed by atoms with Gasteiger partial charge in [-0.05, 0) is 23.8 Å². The first-order valence-corrected chi connectivity index (χ1v) is 6.65. The summed E-state index contributed by atoms with van der Waals surface area (Å²) in [4.78, 5) is 0. The van der Waals surface area contributed by atoms with Crippen molar-refractivity contribution >= 4 is 28.9 Å². The summed E-state index contributed by atoms with van der Waals surface area (Å²) in [5, 5.41) is 3.99. The molecule has 0 aliphatic carbocycles. The van der Waals surface area contributed by atoms with Crippen molar-refractivity contribution in [3.05, 3.63) is 51.8 Å². The lowest BCUT2D eigenvalue weighted by Crippen LogP contribution is -2.00. The SMILES string of the molecule is Fc1cc(Cl)cc(CNc2cc3c(cc2Cl)OCO3)c1. The van der Waals surface area contributed by atoms with E-state index in [1.807, 2.05) is 0 Å². The fourth-order valence-electron chi connectivity index (χ4n) is 1.96. The number of rotatable bonds is 3. The van der Waals surface area contributed by atoms with Gasteiger partial charge in [0.2, 0.25) is 6.79 Å². The molecule has 0 radical (unpaired) electrons. The molecule has 0 saturated heterocycles. The molecule has 0 unspecified atom stereocenters. The van der Waals surface area contributed by atoms with Crippen molar-refractivity contribution in [1.82, 2.24) is 0 Å². The Morgan fingerprint density at radius 2 is 1.80 bits per heavy atom. The number of benzene rings is 2. The summed E-state index contributed by atoms with van der Waals surface area (Å²) in [6.45, 7) is 0.589. The zero-order chi connectivity index (χ0) is 14.1. The number of hydrogen-bond acceptors (Lipinski definition) is 3. The first kappa shape index (κ1) is 13.3. The van der Waals surface area contributed by atoms with Gasteiger partial charge in [0.25, 0.3) is 0 Å². The van der Waals surface area contributed by atoms with Gasteiger partial charge in [-0.1, -0.05) is 23.2 Å². The second kappa shape index (κ2) is 5.38. The quantitative estimate of drug-likeness (QED) is 0.906. The molecule has 20 heavy (non-hydrogen) atoms. The minimum absolute atomic E-state index is 0.189. The molecule has 104 valence electrons.